The zero-order valence-corrected chi connectivity index (χ0v) is 9.72. The van der Waals surface area contributed by atoms with Crippen LogP contribution in [0.3, 0.4) is 0 Å². The summed E-state index contributed by atoms with van der Waals surface area (Å²) in [6, 6.07) is 1.37. The van der Waals surface area contributed by atoms with Crippen LogP contribution >= 0.6 is 0 Å². The van der Waals surface area contributed by atoms with Gasteiger partial charge in [0.1, 0.15) is 23.6 Å². The largest absolute Gasteiger partial charge is 0.394 e. The molecular weight excluding hydrogens is 242 g/mol. The van der Waals surface area contributed by atoms with Crippen molar-refractivity contribution in [2.75, 3.05) is 12.3 Å². The molecule has 2 rings (SSSR count). The molecule has 1 saturated heterocycles. The van der Waals surface area contributed by atoms with Gasteiger partial charge in [0.15, 0.2) is 6.23 Å². The fourth-order valence-corrected chi connectivity index (χ4v) is 1.99. The highest BCUT2D eigenvalue weighted by molar-refractivity contribution is 5.23. The molecule has 0 unspecified atom stereocenters. The van der Waals surface area contributed by atoms with Gasteiger partial charge in [-0.2, -0.15) is 4.98 Å². The van der Waals surface area contributed by atoms with Crippen molar-refractivity contribution < 1.29 is 20.1 Å². The Morgan fingerprint density at radius 1 is 1.67 bits per heavy atom. The van der Waals surface area contributed by atoms with Crippen LogP contribution in [0.5, 0.6) is 0 Å². The summed E-state index contributed by atoms with van der Waals surface area (Å²) >= 11 is 0. The van der Waals surface area contributed by atoms with E-state index in [1.54, 1.807) is 0 Å². The van der Waals surface area contributed by atoms with Gasteiger partial charge in [0.05, 0.1) is 6.61 Å². The Bertz CT molecular complexity index is 501. The van der Waals surface area contributed by atoms with Crippen LogP contribution < -0.4 is 11.4 Å². The predicted molar refractivity (Wildman–Crippen MR) is 60.5 cm³/mol. The third kappa shape index (κ3) is 1.89. The lowest BCUT2D eigenvalue weighted by Gasteiger charge is -2.27. The van der Waals surface area contributed by atoms with Gasteiger partial charge >= 0.3 is 5.69 Å². The van der Waals surface area contributed by atoms with Gasteiger partial charge in [-0.1, -0.05) is 0 Å². The molecule has 1 fully saturated rings. The fraction of sp³-hybridized carbons (Fsp3) is 0.600. The summed E-state index contributed by atoms with van der Waals surface area (Å²) in [4.78, 5) is 15.2. The van der Waals surface area contributed by atoms with E-state index in [-0.39, 0.29) is 5.82 Å². The van der Waals surface area contributed by atoms with Crippen molar-refractivity contribution in [3.05, 3.63) is 22.7 Å². The minimum atomic E-state index is -1.71. The minimum Gasteiger partial charge on any atom is -0.394 e. The Balaban J connectivity index is 2.42. The smallest absolute Gasteiger partial charge is 0.351 e. The number of anilines is 1. The number of aromatic nitrogens is 2. The maximum atomic E-state index is 11.7. The van der Waals surface area contributed by atoms with E-state index in [2.05, 4.69) is 4.98 Å². The molecule has 0 radical (unpaired) electrons. The molecule has 0 aliphatic carbocycles. The van der Waals surface area contributed by atoms with Crippen LogP contribution in [0.15, 0.2) is 17.1 Å². The van der Waals surface area contributed by atoms with E-state index in [1.165, 1.54) is 19.2 Å². The lowest BCUT2D eigenvalue weighted by molar-refractivity contribution is -0.0986. The Morgan fingerprint density at radius 3 is 2.83 bits per heavy atom. The molecule has 4 atom stereocenters. The van der Waals surface area contributed by atoms with Gasteiger partial charge in [-0.3, -0.25) is 4.57 Å². The summed E-state index contributed by atoms with van der Waals surface area (Å²) < 4.78 is 6.30. The van der Waals surface area contributed by atoms with Crippen molar-refractivity contribution in [2.24, 2.45) is 0 Å². The first-order valence-corrected chi connectivity index (χ1v) is 5.39. The van der Waals surface area contributed by atoms with Gasteiger partial charge in [0.25, 0.3) is 0 Å². The summed E-state index contributed by atoms with van der Waals surface area (Å²) in [6.45, 7) is 0.853. The Morgan fingerprint density at radius 2 is 2.33 bits per heavy atom. The molecule has 18 heavy (non-hydrogen) atoms. The highest BCUT2D eigenvalue weighted by Gasteiger charge is 2.53. The molecule has 1 aromatic heterocycles. The maximum absolute atomic E-state index is 11.7. The molecular formula is C10H15N3O5. The van der Waals surface area contributed by atoms with Crippen LogP contribution in [0.4, 0.5) is 5.82 Å². The second kappa shape index (κ2) is 4.32. The second-order valence-corrected chi connectivity index (χ2v) is 4.42. The SMILES string of the molecule is C[C@]1(O)[C@@H](O)[C@H](CO)O[C@H]1n1ccc(N)nc1=O. The van der Waals surface area contributed by atoms with Crippen LogP contribution in [0.25, 0.3) is 0 Å². The zero-order chi connectivity index (χ0) is 13.5. The van der Waals surface area contributed by atoms with Crippen molar-refractivity contribution in [3.63, 3.8) is 0 Å². The molecule has 100 valence electrons. The summed E-state index contributed by atoms with van der Waals surface area (Å²) in [6.07, 6.45) is -2.09. The number of aliphatic hydroxyl groups excluding tert-OH is 2. The molecule has 0 bridgehead atoms. The van der Waals surface area contributed by atoms with E-state index in [0.717, 1.165) is 4.57 Å². The summed E-state index contributed by atoms with van der Waals surface area (Å²) in [7, 11) is 0. The van der Waals surface area contributed by atoms with Crippen LogP contribution in [-0.2, 0) is 4.74 Å². The molecule has 2 heterocycles. The minimum absolute atomic E-state index is 0.0492. The van der Waals surface area contributed by atoms with Crippen molar-refractivity contribution in [2.45, 2.75) is 31.0 Å². The number of aliphatic hydroxyl groups is 3. The van der Waals surface area contributed by atoms with E-state index in [4.69, 9.17) is 15.6 Å². The molecule has 0 aromatic carbocycles. The van der Waals surface area contributed by atoms with Crippen molar-refractivity contribution in [1.82, 2.24) is 9.55 Å². The number of hydrogen-bond donors (Lipinski definition) is 4. The number of hydrogen-bond acceptors (Lipinski definition) is 7. The summed E-state index contributed by atoms with van der Waals surface area (Å²) in [5.74, 6) is 0.0492. The molecule has 5 N–H and O–H groups in total. The molecule has 1 aromatic rings. The topological polar surface area (TPSA) is 131 Å². The predicted octanol–water partition coefficient (Wildman–Crippen LogP) is -2.17. The van der Waals surface area contributed by atoms with E-state index in [1.807, 2.05) is 0 Å². The lowest BCUT2D eigenvalue weighted by atomic mass is 9.96. The van der Waals surface area contributed by atoms with Gasteiger partial charge in [-0.25, -0.2) is 4.79 Å². The van der Waals surface area contributed by atoms with Crippen LogP contribution in [0.1, 0.15) is 13.2 Å². The quantitative estimate of drug-likeness (QED) is 0.474. The average Bonchev–Trinajstić information content (AvgIpc) is 2.52. The summed E-state index contributed by atoms with van der Waals surface area (Å²) in [5.41, 5.74) is 2.94. The van der Waals surface area contributed by atoms with Gasteiger partial charge in [0.2, 0.25) is 0 Å². The highest BCUT2D eigenvalue weighted by atomic mass is 16.6. The molecule has 1 aliphatic heterocycles. The molecule has 0 spiro atoms. The lowest BCUT2D eigenvalue weighted by Crippen LogP contribution is -2.46. The van der Waals surface area contributed by atoms with E-state index < -0.39 is 36.3 Å². The van der Waals surface area contributed by atoms with Gasteiger partial charge in [0, 0.05) is 6.20 Å². The second-order valence-electron chi connectivity index (χ2n) is 4.42. The Kier molecular flexibility index (Phi) is 3.11. The van der Waals surface area contributed by atoms with Gasteiger partial charge in [-0.15, -0.1) is 0 Å². The standard InChI is InChI=1S/C10H15N3O5/c1-10(17)7(15)5(4-14)18-8(10)13-3-2-6(11)12-9(13)16/h2-3,5,7-8,14-15,17H,4H2,1H3,(H2,11,12,16)/t5-,7-,8+,10-/m0/s1. The molecule has 1 aliphatic rings. The first-order chi connectivity index (χ1) is 8.37. The van der Waals surface area contributed by atoms with Crippen LogP contribution in [0.2, 0.25) is 0 Å². The maximum Gasteiger partial charge on any atom is 0.351 e. The van der Waals surface area contributed by atoms with Gasteiger partial charge in [-0.05, 0) is 13.0 Å². The fourth-order valence-electron chi connectivity index (χ4n) is 1.99. The van der Waals surface area contributed by atoms with Crippen LogP contribution in [-0.4, -0.2) is 49.3 Å². The molecule has 0 amide bonds. The average molecular weight is 257 g/mol. The van der Waals surface area contributed by atoms with Crippen molar-refractivity contribution in [3.8, 4) is 0 Å². The third-order valence-electron chi connectivity index (χ3n) is 3.04. The van der Waals surface area contributed by atoms with Gasteiger partial charge < -0.3 is 25.8 Å². The van der Waals surface area contributed by atoms with E-state index in [0.29, 0.717) is 0 Å². The first-order valence-electron chi connectivity index (χ1n) is 5.39. The summed E-state index contributed by atoms with van der Waals surface area (Å²) in [5, 5.41) is 29.0. The van der Waals surface area contributed by atoms with E-state index >= 15 is 0 Å². The van der Waals surface area contributed by atoms with Crippen LogP contribution in [0, 0.1) is 0 Å². The molecule has 8 heteroatoms. The normalized spacial score (nSPS) is 35.9. The monoisotopic (exact) mass is 257 g/mol. The molecule has 0 saturated carbocycles. The molecule has 8 nitrogen and oxygen atoms in total. The third-order valence-corrected chi connectivity index (χ3v) is 3.04. The zero-order valence-electron chi connectivity index (χ0n) is 9.72. The Hall–Kier alpha value is -1.48. The number of nitrogens with zero attached hydrogens (tertiary/aromatic N) is 2. The number of nitrogen functional groups attached to an aromatic ring is 1. The van der Waals surface area contributed by atoms with Crippen molar-refractivity contribution in [1.29, 1.82) is 0 Å². The van der Waals surface area contributed by atoms with Crippen molar-refractivity contribution >= 4 is 5.82 Å². The Labute approximate surface area is 102 Å². The number of ether oxygens (including phenoxy) is 1. The first kappa shape index (κ1) is 13.0. The number of rotatable bonds is 2. The number of nitrogens with two attached hydrogens (primary N) is 1. The van der Waals surface area contributed by atoms with E-state index in [9.17, 15) is 15.0 Å². The highest BCUT2D eigenvalue weighted by Crippen LogP contribution is 2.37.